The molecule has 0 fully saturated rings. The van der Waals surface area contributed by atoms with E-state index >= 15 is 0 Å². The first kappa shape index (κ1) is 32.7. The molecule has 0 N–H and O–H groups in total. The van der Waals surface area contributed by atoms with Crippen molar-refractivity contribution in [2.24, 2.45) is 0 Å². The van der Waals surface area contributed by atoms with Crippen molar-refractivity contribution in [1.82, 2.24) is 9.97 Å². The van der Waals surface area contributed by atoms with E-state index in [0.29, 0.717) is 5.82 Å². The predicted octanol–water partition coefficient (Wildman–Crippen LogP) is 14.5. The standard InChI is InChI=1S/C52H34N2S/c1-4-14-35(15-5-1)36-24-26-38(27-25-36)48-34-49(54-52(53-48)39-18-8-3-9-19-39)43-31-41(40-28-29-51-47(33-40)46-22-12-13-23-50(46)55-51)30-42(32-43)45-21-11-10-20-44(45)37-16-6-2-7-17-37/h1-34H. The fourth-order valence-electron chi connectivity index (χ4n) is 7.53. The van der Waals surface area contributed by atoms with Gasteiger partial charge in [0.05, 0.1) is 11.4 Å². The average molecular weight is 719 g/mol. The SMILES string of the molecule is c1ccc(-c2ccc(-c3cc(-c4cc(-c5ccc6sc7ccccc7c6c5)cc(-c5ccccc5-c5ccccc5)c4)nc(-c4ccccc4)n3)cc2)cc1. The number of thiophene rings is 1. The Kier molecular flexibility index (Phi) is 8.40. The third-order valence-electron chi connectivity index (χ3n) is 10.3. The van der Waals surface area contributed by atoms with Crippen LogP contribution in [0.15, 0.2) is 206 Å². The summed E-state index contributed by atoms with van der Waals surface area (Å²) in [5, 5.41) is 2.57. The highest BCUT2D eigenvalue weighted by Crippen LogP contribution is 2.41. The molecule has 0 saturated carbocycles. The van der Waals surface area contributed by atoms with Gasteiger partial charge in [-0.1, -0.05) is 164 Å². The number of hydrogen-bond acceptors (Lipinski definition) is 3. The summed E-state index contributed by atoms with van der Waals surface area (Å²) in [5.74, 6) is 0.697. The second-order valence-electron chi connectivity index (χ2n) is 13.8. The minimum Gasteiger partial charge on any atom is -0.228 e. The zero-order valence-electron chi connectivity index (χ0n) is 29.9. The Bertz CT molecular complexity index is 2950. The number of hydrogen-bond donors (Lipinski definition) is 0. The molecule has 3 heteroatoms. The summed E-state index contributed by atoms with van der Waals surface area (Å²) in [5.41, 5.74) is 14.2. The van der Waals surface area contributed by atoms with Crippen LogP contribution in [0.5, 0.6) is 0 Å². The van der Waals surface area contributed by atoms with Crippen molar-refractivity contribution in [3.05, 3.63) is 206 Å². The van der Waals surface area contributed by atoms with Crippen LogP contribution in [0.1, 0.15) is 0 Å². The zero-order valence-corrected chi connectivity index (χ0v) is 30.7. The van der Waals surface area contributed by atoms with Gasteiger partial charge in [-0.25, -0.2) is 9.97 Å². The second kappa shape index (κ2) is 14.1. The molecule has 0 radical (unpaired) electrons. The maximum atomic E-state index is 5.29. The van der Waals surface area contributed by atoms with Crippen LogP contribution >= 0.6 is 11.3 Å². The molecule has 10 rings (SSSR count). The fraction of sp³-hybridized carbons (Fsp3) is 0. The monoisotopic (exact) mass is 718 g/mol. The highest BCUT2D eigenvalue weighted by Gasteiger charge is 2.16. The van der Waals surface area contributed by atoms with Gasteiger partial charge in [0.2, 0.25) is 0 Å². The highest BCUT2D eigenvalue weighted by atomic mass is 32.1. The van der Waals surface area contributed by atoms with E-state index in [1.54, 1.807) is 0 Å². The smallest absolute Gasteiger partial charge is 0.160 e. The van der Waals surface area contributed by atoms with E-state index in [2.05, 4.69) is 188 Å². The van der Waals surface area contributed by atoms with Crippen molar-refractivity contribution >= 4 is 31.5 Å². The van der Waals surface area contributed by atoms with Gasteiger partial charge in [0, 0.05) is 36.9 Å². The Morgan fingerprint density at radius 1 is 0.273 bits per heavy atom. The van der Waals surface area contributed by atoms with Crippen LogP contribution in [0.4, 0.5) is 0 Å². The van der Waals surface area contributed by atoms with Gasteiger partial charge in [0.15, 0.2) is 5.82 Å². The second-order valence-corrected chi connectivity index (χ2v) is 14.9. The van der Waals surface area contributed by atoms with Gasteiger partial charge in [0.1, 0.15) is 0 Å². The van der Waals surface area contributed by atoms with E-state index < -0.39 is 0 Å². The predicted molar refractivity (Wildman–Crippen MR) is 233 cm³/mol. The van der Waals surface area contributed by atoms with Crippen molar-refractivity contribution in [3.63, 3.8) is 0 Å². The summed E-state index contributed by atoms with van der Waals surface area (Å²) in [6.45, 7) is 0. The summed E-state index contributed by atoms with van der Waals surface area (Å²) in [7, 11) is 0. The molecule has 2 aromatic heterocycles. The Hall–Kier alpha value is -6.94. The molecule has 55 heavy (non-hydrogen) atoms. The summed E-state index contributed by atoms with van der Waals surface area (Å²) >= 11 is 1.85. The summed E-state index contributed by atoms with van der Waals surface area (Å²) in [6, 6.07) is 73.5. The molecular weight excluding hydrogens is 685 g/mol. The van der Waals surface area contributed by atoms with E-state index in [-0.39, 0.29) is 0 Å². The van der Waals surface area contributed by atoms with Gasteiger partial charge < -0.3 is 0 Å². The van der Waals surface area contributed by atoms with Gasteiger partial charge >= 0.3 is 0 Å². The zero-order chi connectivity index (χ0) is 36.6. The Morgan fingerprint density at radius 3 is 1.49 bits per heavy atom. The van der Waals surface area contributed by atoms with Crippen LogP contribution in [0.3, 0.4) is 0 Å². The molecule has 0 atom stereocenters. The lowest BCUT2D eigenvalue weighted by atomic mass is 9.90. The average Bonchev–Trinajstić information content (AvgIpc) is 3.65. The van der Waals surface area contributed by atoms with E-state index in [9.17, 15) is 0 Å². The van der Waals surface area contributed by atoms with Crippen LogP contribution in [0.2, 0.25) is 0 Å². The summed E-state index contributed by atoms with van der Waals surface area (Å²) < 4.78 is 2.60. The van der Waals surface area contributed by atoms with Crippen LogP contribution in [-0.2, 0) is 0 Å². The number of benzene rings is 8. The van der Waals surface area contributed by atoms with Gasteiger partial charge in [0.25, 0.3) is 0 Å². The lowest BCUT2D eigenvalue weighted by Gasteiger charge is -2.15. The van der Waals surface area contributed by atoms with Crippen molar-refractivity contribution < 1.29 is 0 Å². The number of fused-ring (bicyclic) bond motifs is 3. The maximum absolute atomic E-state index is 5.29. The molecule has 0 bridgehead atoms. The quantitative estimate of drug-likeness (QED) is 0.164. The molecular formula is C52H34N2S. The van der Waals surface area contributed by atoms with Crippen LogP contribution in [-0.4, -0.2) is 9.97 Å². The minimum absolute atomic E-state index is 0.697. The largest absolute Gasteiger partial charge is 0.228 e. The molecule has 10 aromatic rings. The van der Waals surface area contributed by atoms with Crippen molar-refractivity contribution in [3.8, 4) is 78.4 Å². The first-order valence-corrected chi connectivity index (χ1v) is 19.4. The molecule has 8 aromatic carbocycles. The third kappa shape index (κ3) is 6.41. The van der Waals surface area contributed by atoms with Crippen LogP contribution in [0.25, 0.3) is 98.6 Å². The third-order valence-corrected chi connectivity index (χ3v) is 11.5. The fourth-order valence-corrected chi connectivity index (χ4v) is 8.62. The molecule has 0 amide bonds. The Morgan fingerprint density at radius 2 is 0.764 bits per heavy atom. The normalized spacial score (nSPS) is 11.3. The maximum Gasteiger partial charge on any atom is 0.160 e. The molecule has 0 aliphatic heterocycles. The van der Waals surface area contributed by atoms with Gasteiger partial charge in [-0.3, -0.25) is 0 Å². The Balaban J connectivity index is 1.18. The topological polar surface area (TPSA) is 25.8 Å². The molecule has 2 nitrogen and oxygen atoms in total. The van der Waals surface area contributed by atoms with Crippen molar-refractivity contribution in [2.45, 2.75) is 0 Å². The number of nitrogens with zero attached hydrogens (tertiary/aromatic N) is 2. The molecule has 0 unspecified atom stereocenters. The highest BCUT2D eigenvalue weighted by molar-refractivity contribution is 7.25. The van der Waals surface area contributed by atoms with E-state index in [1.165, 1.54) is 53.6 Å². The van der Waals surface area contributed by atoms with Gasteiger partial charge in [-0.05, 0) is 87.0 Å². The van der Waals surface area contributed by atoms with Gasteiger partial charge in [-0.15, -0.1) is 11.3 Å². The number of aromatic nitrogens is 2. The Labute approximate surface area is 324 Å². The molecule has 0 saturated heterocycles. The first-order chi connectivity index (χ1) is 27.2. The van der Waals surface area contributed by atoms with E-state index in [4.69, 9.17) is 9.97 Å². The molecule has 0 aliphatic rings. The number of rotatable bonds is 7. The van der Waals surface area contributed by atoms with E-state index in [0.717, 1.165) is 39.2 Å². The first-order valence-electron chi connectivity index (χ1n) is 18.6. The van der Waals surface area contributed by atoms with Gasteiger partial charge in [-0.2, -0.15) is 0 Å². The van der Waals surface area contributed by atoms with Crippen LogP contribution < -0.4 is 0 Å². The molecule has 0 spiro atoms. The minimum atomic E-state index is 0.697. The molecule has 258 valence electrons. The van der Waals surface area contributed by atoms with E-state index in [1.807, 2.05) is 29.5 Å². The lowest BCUT2D eigenvalue weighted by molar-refractivity contribution is 1.18. The van der Waals surface area contributed by atoms with Crippen molar-refractivity contribution in [1.29, 1.82) is 0 Å². The summed E-state index contributed by atoms with van der Waals surface area (Å²) in [6.07, 6.45) is 0. The lowest BCUT2D eigenvalue weighted by Crippen LogP contribution is -1.97. The summed E-state index contributed by atoms with van der Waals surface area (Å²) in [4.78, 5) is 10.5. The van der Waals surface area contributed by atoms with Crippen molar-refractivity contribution in [2.75, 3.05) is 0 Å². The van der Waals surface area contributed by atoms with Crippen LogP contribution in [0, 0.1) is 0 Å². The molecule has 2 heterocycles. The molecule has 0 aliphatic carbocycles.